The first-order chi connectivity index (χ1) is 11.0. The molecule has 126 valence electrons. The zero-order chi connectivity index (χ0) is 17.3. The molecule has 1 N–H and O–H groups in total. The van der Waals surface area contributed by atoms with Gasteiger partial charge in [-0.3, -0.25) is 4.79 Å². The lowest BCUT2D eigenvalue weighted by Gasteiger charge is -2.29. The summed E-state index contributed by atoms with van der Waals surface area (Å²) < 4.78 is 5.18. The van der Waals surface area contributed by atoms with E-state index in [0.717, 1.165) is 24.8 Å². The van der Waals surface area contributed by atoms with Crippen LogP contribution in [0.15, 0.2) is 47.7 Å². The van der Waals surface area contributed by atoms with Gasteiger partial charge in [-0.05, 0) is 50.8 Å². The molecule has 2 atom stereocenters. The largest absolute Gasteiger partial charge is 0.465 e. The fourth-order valence-corrected chi connectivity index (χ4v) is 2.30. The molecule has 0 spiro atoms. The van der Waals surface area contributed by atoms with E-state index in [1.807, 2.05) is 37.3 Å². The van der Waals surface area contributed by atoms with Crippen LogP contribution in [0.25, 0.3) is 0 Å². The zero-order valence-corrected chi connectivity index (χ0v) is 14.6. The molecule has 0 heterocycles. The fourth-order valence-electron chi connectivity index (χ4n) is 2.30. The molecule has 0 aliphatic carbocycles. The summed E-state index contributed by atoms with van der Waals surface area (Å²) in [5, 5.41) is 10.7. The summed E-state index contributed by atoms with van der Waals surface area (Å²) in [5.74, 6) is -0.438. The van der Waals surface area contributed by atoms with Crippen LogP contribution >= 0.6 is 0 Å². The van der Waals surface area contributed by atoms with E-state index in [-0.39, 0.29) is 6.61 Å². The van der Waals surface area contributed by atoms with E-state index in [4.69, 9.17) is 4.74 Å². The lowest BCUT2D eigenvalue weighted by Crippen LogP contribution is -2.34. The lowest BCUT2D eigenvalue weighted by atomic mass is 9.80. The van der Waals surface area contributed by atoms with Crippen molar-refractivity contribution in [3.8, 4) is 0 Å². The molecule has 0 bridgehead atoms. The molecule has 0 amide bonds. The minimum Gasteiger partial charge on any atom is -0.465 e. The number of rotatable bonds is 8. The van der Waals surface area contributed by atoms with Gasteiger partial charge in [-0.1, -0.05) is 43.7 Å². The van der Waals surface area contributed by atoms with E-state index in [9.17, 15) is 9.90 Å². The second-order valence-corrected chi connectivity index (χ2v) is 5.99. The zero-order valence-electron chi connectivity index (χ0n) is 14.6. The number of carbonyl (C=O) groups is 1. The molecule has 0 radical (unpaired) electrons. The number of esters is 1. The number of aliphatic hydroxyl groups excluding tert-OH is 1. The third-order valence-corrected chi connectivity index (χ3v) is 3.92. The molecule has 3 heteroatoms. The van der Waals surface area contributed by atoms with Crippen molar-refractivity contribution in [1.29, 1.82) is 0 Å². The topological polar surface area (TPSA) is 46.5 Å². The lowest BCUT2D eigenvalue weighted by molar-refractivity contribution is -0.157. The summed E-state index contributed by atoms with van der Waals surface area (Å²) in [7, 11) is 0. The number of ether oxygens (including phenoxy) is 1. The van der Waals surface area contributed by atoms with E-state index in [1.54, 1.807) is 19.9 Å². The maximum atomic E-state index is 12.4. The number of hydrogen-bond donors (Lipinski definition) is 1. The first-order valence-corrected chi connectivity index (χ1v) is 8.29. The summed E-state index contributed by atoms with van der Waals surface area (Å²) in [4.78, 5) is 12.4. The van der Waals surface area contributed by atoms with E-state index >= 15 is 0 Å². The summed E-state index contributed by atoms with van der Waals surface area (Å²) in [6.45, 7) is 7.87. The standard InChI is InChI=1S/C20H28O3/c1-5-7-11-16(3)14-15-20(4,19(22)23-6-2)18(21)17-12-9-8-10-13-17/h8-10,12-13,15,18,21H,5-7,11H2,1-4H3. The van der Waals surface area contributed by atoms with Crippen LogP contribution in [0.3, 0.4) is 0 Å². The van der Waals surface area contributed by atoms with Crippen LogP contribution in [0.4, 0.5) is 0 Å². The van der Waals surface area contributed by atoms with Crippen LogP contribution < -0.4 is 0 Å². The molecular weight excluding hydrogens is 288 g/mol. The molecule has 0 saturated carbocycles. The molecule has 0 aliphatic rings. The third kappa shape index (κ3) is 5.38. The Hall–Kier alpha value is -1.83. The molecule has 0 saturated heterocycles. The van der Waals surface area contributed by atoms with Gasteiger partial charge in [0.25, 0.3) is 0 Å². The Bertz CT molecular complexity index is 556. The molecule has 23 heavy (non-hydrogen) atoms. The van der Waals surface area contributed by atoms with Crippen LogP contribution in [0.2, 0.25) is 0 Å². The van der Waals surface area contributed by atoms with Gasteiger partial charge in [-0.15, -0.1) is 5.73 Å². The first kappa shape index (κ1) is 19.2. The van der Waals surface area contributed by atoms with Crippen LogP contribution in [0.1, 0.15) is 58.6 Å². The van der Waals surface area contributed by atoms with Crippen LogP contribution in [-0.4, -0.2) is 17.7 Å². The van der Waals surface area contributed by atoms with Gasteiger partial charge in [0.05, 0.1) is 12.7 Å². The summed E-state index contributed by atoms with van der Waals surface area (Å²) >= 11 is 0. The molecule has 1 rings (SSSR count). The van der Waals surface area contributed by atoms with Gasteiger partial charge in [0.15, 0.2) is 0 Å². The molecule has 0 aliphatic heterocycles. The van der Waals surface area contributed by atoms with Crippen molar-refractivity contribution in [2.75, 3.05) is 6.61 Å². The monoisotopic (exact) mass is 316 g/mol. The van der Waals surface area contributed by atoms with Gasteiger partial charge in [0.2, 0.25) is 0 Å². The smallest absolute Gasteiger partial charge is 0.319 e. The second kappa shape index (κ2) is 9.34. The average molecular weight is 316 g/mol. The van der Waals surface area contributed by atoms with Crippen molar-refractivity contribution in [2.45, 2.75) is 53.1 Å². The Balaban J connectivity index is 3.17. The third-order valence-electron chi connectivity index (χ3n) is 3.92. The minimum absolute atomic E-state index is 0.280. The van der Waals surface area contributed by atoms with Crippen molar-refractivity contribution in [2.24, 2.45) is 5.41 Å². The van der Waals surface area contributed by atoms with Crippen molar-refractivity contribution in [3.05, 3.63) is 53.3 Å². The van der Waals surface area contributed by atoms with E-state index < -0.39 is 17.5 Å². The highest BCUT2D eigenvalue weighted by molar-refractivity contribution is 5.79. The summed E-state index contributed by atoms with van der Waals surface area (Å²) in [6, 6.07) is 9.18. The van der Waals surface area contributed by atoms with E-state index in [0.29, 0.717) is 5.56 Å². The molecule has 3 nitrogen and oxygen atoms in total. The number of carbonyl (C=O) groups excluding carboxylic acids is 1. The molecule has 0 aromatic heterocycles. The van der Waals surface area contributed by atoms with Gasteiger partial charge in [-0.2, -0.15) is 0 Å². The van der Waals surface area contributed by atoms with Crippen LogP contribution in [0.5, 0.6) is 0 Å². The molecule has 0 fully saturated rings. The van der Waals surface area contributed by atoms with Crippen molar-refractivity contribution in [1.82, 2.24) is 0 Å². The first-order valence-electron chi connectivity index (χ1n) is 8.29. The average Bonchev–Trinajstić information content (AvgIpc) is 2.58. The summed E-state index contributed by atoms with van der Waals surface area (Å²) in [6.07, 6.45) is 3.82. The van der Waals surface area contributed by atoms with Crippen molar-refractivity contribution < 1.29 is 14.6 Å². The maximum absolute atomic E-state index is 12.4. The maximum Gasteiger partial charge on any atom is 0.319 e. The van der Waals surface area contributed by atoms with Crippen molar-refractivity contribution in [3.63, 3.8) is 0 Å². The normalized spacial score (nSPS) is 14.3. The Kier molecular flexibility index (Phi) is 7.80. The Morgan fingerprint density at radius 1 is 1.35 bits per heavy atom. The molecule has 1 aromatic rings. The molecule has 2 unspecified atom stereocenters. The van der Waals surface area contributed by atoms with Gasteiger partial charge < -0.3 is 9.84 Å². The minimum atomic E-state index is -1.16. The van der Waals surface area contributed by atoms with Gasteiger partial charge in [-0.25, -0.2) is 0 Å². The predicted molar refractivity (Wildman–Crippen MR) is 92.9 cm³/mol. The van der Waals surface area contributed by atoms with Gasteiger partial charge >= 0.3 is 5.97 Å². The Morgan fingerprint density at radius 3 is 2.57 bits per heavy atom. The highest BCUT2D eigenvalue weighted by atomic mass is 16.5. The van der Waals surface area contributed by atoms with E-state index in [1.165, 1.54) is 0 Å². The Labute approximate surface area is 139 Å². The van der Waals surface area contributed by atoms with Gasteiger partial charge in [0.1, 0.15) is 5.41 Å². The van der Waals surface area contributed by atoms with Crippen LogP contribution in [-0.2, 0) is 9.53 Å². The fraction of sp³-hybridized carbons (Fsp3) is 0.500. The molecular formula is C20H28O3. The predicted octanol–water partition coefficient (Wildman–Crippen LogP) is 4.58. The quantitative estimate of drug-likeness (QED) is 0.564. The Morgan fingerprint density at radius 2 is 2.00 bits per heavy atom. The number of hydrogen-bond acceptors (Lipinski definition) is 3. The highest BCUT2D eigenvalue weighted by Crippen LogP contribution is 2.36. The van der Waals surface area contributed by atoms with E-state index in [2.05, 4.69) is 12.7 Å². The summed E-state index contributed by atoms with van der Waals surface area (Å²) in [5.41, 5.74) is 3.78. The number of unbranched alkanes of at least 4 members (excludes halogenated alkanes) is 1. The molecule has 1 aromatic carbocycles. The second-order valence-electron chi connectivity index (χ2n) is 5.99. The van der Waals surface area contributed by atoms with Crippen molar-refractivity contribution >= 4 is 5.97 Å². The number of benzene rings is 1. The highest BCUT2D eigenvalue weighted by Gasteiger charge is 2.40. The number of aliphatic hydroxyl groups is 1. The van der Waals surface area contributed by atoms with Gasteiger partial charge in [0, 0.05) is 0 Å². The van der Waals surface area contributed by atoms with Crippen LogP contribution in [0, 0.1) is 5.41 Å². The SMILES string of the molecule is CCCCC(C)=C=CC(C)(C(=O)OCC)C(O)c1ccccc1.